The summed E-state index contributed by atoms with van der Waals surface area (Å²) in [4.78, 5) is 0. The van der Waals surface area contributed by atoms with Crippen LogP contribution < -0.4 is 4.50 Å². The van der Waals surface area contributed by atoms with Gasteiger partial charge in [0.25, 0.3) is 0 Å². The second kappa shape index (κ2) is 8.23. The van der Waals surface area contributed by atoms with Gasteiger partial charge in [-0.05, 0) is 41.0 Å². The van der Waals surface area contributed by atoms with Crippen LogP contribution in [-0.2, 0) is 4.74 Å². The zero-order valence-electron chi connectivity index (χ0n) is 12.4. The van der Waals surface area contributed by atoms with Crippen molar-refractivity contribution in [1.82, 2.24) is 0 Å². The van der Waals surface area contributed by atoms with Crippen LogP contribution in [0.15, 0.2) is 17.5 Å². The molecular weight excluding hydrogens is 268 g/mol. The number of hydrogen-bond acceptors (Lipinski definition) is 2. The smallest absolute Gasteiger partial charge is 0.0975 e. The molecule has 1 nitrogen and oxygen atoms in total. The minimum atomic E-state index is -0.185. The molecule has 1 aromatic rings. The highest BCUT2D eigenvalue weighted by Gasteiger charge is 2.24. The lowest BCUT2D eigenvalue weighted by atomic mass is 9.82. The van der Waals surface area contributed by atoms with Crippen LogP contribution in [-0.4, -0.2) is 21.9 Å². The first-order valence-corrected chi connectivity index (χ1v) is 10.5. The first-order chi connectivity index (χ1) is 9.25. The fourth-order valence-corrected chi connectivity index (χ4v) is 5.56. The SMILES string of the molecule is CC(C)CC(OC[SiH2]c1cccs1)C1CCCCC1. The molecule has 1 aliphatic rings. The van der Waals surface area contributed by atoms with Crippen molar-refractivity contribution < 1.29 is 4.74 Å². The molecule has 1 saturated carbocycles. The zero-order valence-corrected chi connectivity index (χ0v) is 14.7. The van der Waals surface area contributed by atoms with Crippen molar-refractivity contribution in [3.05, 3.63) is 17.5 Å². The van der Waals surface area contributed by atoms with Gasteiger partial charge in [-0.2, -0.15) is 11.3 Å². The van der Waals surface area contributed by atoms with Crippen molar-refractivity contribution in [3.63, 3.8) is 0 Å². The average Bonchev–Trinajstić information content (AvgIpc) is 2.91. The number of thiophene rings is 1. The van der Waals surface area contributed by atoms with Gasteiger partial charge in [0, 0.05) is 6.23 Å². The largest absolute Gasteiger partial charge is 0.381 e. The zero-order chi connectivity index (χ0) is 13.5. The summed E-state index contributed by atoms with van der Waals surface area (Å²) in [6.07, 6.45) is 9.91. The Bertz CT molecular complexity index is 331. The third kappa shape index (κ3) is 5.40. The van der Waals surface area contributed by atoms with Crippen molar-refractivity contribution in [3.8, 4) is 0 Å². The Labute approximate surface area is 124 Å². The van der Waals surface area contributed by atoms with Crippen LogP contribution in [0.4, 0.5) is 0 Å². The molecule has 1 fully saturated rings. The van der Waals surface area contributed by atoms with Crippen LogP contribution in [0.1, 0.15) is 52.4 Å². The van der Waals surface area contributed by atoms with Crippen LogP contribution in [0, 0.1) is 11.8 Å². The van der Waals surface area contributed by atoms with E-state index in [-0.39, 0.29) is 9.52 Å². The normalized spacial score (nSPS) is 19.5. The molecule has 1 heterocycles. The second-order valence-corrected chi connectivity index (χ2v) is 9.48. The van der Waals surface area contributed by atoms with Gasteiger partial charge in [-0.25, -0.2) is 0 Å². The molecule has 108 valence electrons. The highest BCUT2D eigenvalue weighted by atomic mass is 32.1. The number of ether oxygens (including phenoxy) is 1. The molecule has 0 saturated heterocycles. The van der Waals surface area contributed by atoms with E-state index in [2.05, 4.69) is 31.4 Å². The molecule has 0 N–H and O–H groups in total. The Morgan fingerprint density at radius 1 is 1.32 bits per heavy atom. The molecular formula is C16H28OSSi. The minimum Gasteiger partial charge on any atom is -0.381 e. The Hall–Kier alpha value is -0.123. The van der Waals surface area contributed by atoms with Gasteiger partial charge < -0.3 is 4.74 Å². The molecule has 0 spiro atoms. The van der Waals surface area contributed by atoms with E-state index in [9.17, 15) is 0 Å². The Morgan fingerprint density at radius 2 is 2.11 bits per heavy atom. The molecule has 2 rings (SSSR count). The van der Waals surface area contributed by atoms with Gasteiger partial charge in [0.1, 0.15) is 0 Å². The van der Waals surface area contributed by atoms with Crippen molar-refractivity contribution in [2.75, 3.05) is 6.23 Å². The lowest BCUT2D eigenvalue weighted by Gasteiger charge is -2.31. The molecule has 1 aromatic heterocycles. The Balaban J connectivity index is 1.79. The minimum absolute atomic E-state index is 0.185. The van der Waals surface area contributed by atoms with Gasteiger partial charge in [-0.1, -0.05) is 45.2 Å². The third-order valence-electron chi connectivity index (χ3n) is 4.14. The summed E-state index contributed by atoms with van der Waals surface area (Å²) in [7, 11) is -0.185. The molecule has 0 bridgehead atoms. The number of rotatable bonds is 7. The predicted molar refractivity (Wildman–Crippen MR) is 88.3 cm³/mol. The fraction of sp³-hybridized carbons (Fsp3) is 0.750. The lowest BCUT2D eigenvalue weighted by Crippen LogP contribution is -2.30. The van der Waals surface area contributed by atoms with Crippen LogP contribution in [0.3, 0.4) is 0 Å². The summed E-state index contributed by atoms with van der Waals surface area (Å²) in [6, 6.07) is 4.44. The van der Waals surface area contributed by atoms with E-state index in [0.29, 0.717) is 6.10 Å². The number of hydrogen-bond donors (Lipinski definition) is 0. The van der Waals surface area contributed by atoms with Crippen molar-refractivity contribution in [2.45, 2.75) is 58.5 Å². The molecule has 3 heteroatoms. The van der Waals surface area contributed by atoms with Gasteiger partial charge in [-0.15, -0.1) is 0 Å². The summed E-state index contributed by atoms with van der Waals surface area (Å²) >= 11 is 1.91. The molecule has 0 amide bonds. The van der Waals surface area contributed by atoms with E-state index in [1.807, 2.05) is 11.3 Å². The molecule has 1 unspecified atom stereocenters. The maximum Gasteiger partial charge on any atom is 0.0975 e. The second-order valence-electron chi connectivity index (χ2n) is 6.27. The standard InChI is InChI=1S/C16H28OSSi/c1-13(2)11-15(14-7-4-3-5-8-14)17-12-19-16-9-6-10-18-16/h6,9-10,13-15H,3-5,7-8,11-12,19H2,1-2H3. The van der Waals surface area contributed by atoms with Gasteiger partial charge in [-0.3, -0.25) is 0 Å². The van der Waals surface area contributed by atoms with Crippen LogP contribution in [0.5, 0.6) is 0 Å². The van der Waals surface area contributed by atoms with E-state index in [1.54, 1.807) is 4.50 Å². The monoisotopic (exact) mass is 296 g/mol. The molecule has 1 aliphatic carbocycles. The van der Waals surface area contributed by atoms with E-state index >= 15 is 0 Å². The summed E-state index contributed by atoms with van der Waals surface area (Å²) < 4.78 is 7.92. The van der Waals surface area contributed by atoms with Gasteiger partial charge >= 0.3 is 0 Å². The lowest BCUT2D eigenvalue weighted by molar-refractivity contribution is 0.0105. The third-order valence-corrected chi connectivity index (χ3v) is 7.15. The Morgan fingerprint density at radius 3 is 2.74 bits per heavy atom. The molecule has 1 atom stereocenters. The molecule has 0 radical (unpaired) electrons. The Kier molecular flexibility index (Phi) is 6.61. The first-order valence-electron chi connectivity index (χ1n) is 7.89. The fourth-order valence-electron chi connectivity index (χ4n) is 3.13. The quantitative estimate of drug-likeness (QED) is 0.700. The van der Waals surface area contributed by atoms with Gasteiger partial charge in [0.15, 0.2) is 0 Å². The molecule has 0 aromatic carbocycles. The predicted octanol–water partition coefficient (Wildman–Crippen LogP) is 3.51. The highest BCUT2D eigenvalue weighted by molar-refractivity contribution is 7.19. The summed E-state index contributed by atoms with van der Waals surface area (Å²) in [5.74, 6) is 1.60. The van der Waals surface area contributed by atoms with Crippen molar-refractivity contribution in [2.24, 2.45) is 11.8 Å². The van der Waals surface area contributed by atoms with Crippen LogP contribution >= 0.6 is 11.3 Å². The van der Waals surface area contributed by atoms with E-state index in [4.69, 9.17) is 4.74 Å². The average molecular weight is 297 g/mol. The van der Waals surface area contributed by atoms with Crippen LogP contribution in [0.2, 0.25) is 0 Å². The molecule has 19 heavy (non-hydrogen) atoms. The maximum atomic E-state index is 6.33. The summed E-state index contributed by atoms with van der Waals surface area (Å²) in [5.41, 5.74) is 0. The first kappa shape index (κ1) is 15.3. The van der Waals surface area contributed by atoms with E-state index < -0.39 is 0 Å². The van der Waals surface area contributed by atoms with Crippen LogP contribution in [0.25, 0.3) is 0 Å². The van der Waals surface area contributed by atoms with Crippen molar-refractivity contribution in [1.29, 1.82) is 0 Å². The van der Waals surface area contributed by atoms with E-state index in [1.165, 1.54) is 38.5 Å². The highest BCUT2D eigenvalue weighted by Crippen LogP contribution is 2.30. The van der Waals surface area contributed by atoms with E-state index in [0.717, 1.165) is 18.1 Å². The maximum absolute atomic E-state index is 6.33. The van der Waals surface area contributed by atoms with Crippen molar-refractivity contribution >= 4 is 25.4 Å². The topological polar surface area (TPSA) is 9.23 Å². The summed E-state index contributed by atoms with van der Waals surface area (Å²) in [5, 5.41) is 2.19. The van der Waals surface area contributed by atoms with Gasteiger partial charge in [0.2, 0.25) is 0 Å². The molecule has 0 aliphatic heterocycles. The summed E-state index contributed by atoms with van der Waals surface area (Å²) in [6.45, 7) is 4.66. The van der Waals surface area contributed by atoms with Gasteiger partial charge in [0.05, 0.1) is 15.6 Å².